The predicted octanol–water partition coefficient (Wildman–Crippen LogP) is -2.05. The monoisotopic (exact) mass is 183 g/mol. The van der Waals surface area contributed by atoms with E-state index in [2.05, 4.69) is 4.98 Å². The van der Waals surface area contributed by atoms with E-state index >= 15 is 0 Å². The lowest BCUT2D eigenvalue weighted by molar-refractivity contribution is -0.260. The fourth-order valence-corrected chi connectivity index (χ4v) is 0.787. The van der Waals surface area contributed by atoms with Crippen LogP contribution >= 0.6 is 0 Å². The van der Waals surface area contributed by atoms with Crippen molar-refractivity contribution in [1.82, 2.24) is 4.98 Å². The van der Waals surface area contributed by atoms with Crippen molar-refractivity contribution in [3.05, 3.63) is 29.3 Å². The predicted molar refractivity (Wildman–Crippen MR) is 32.9 cm³/mol. The van der Waals surface area contributed by atoms with Gasteiger partial charge in [-0.05, 0) is 6.07 Å². The summed E-state index contributed by atoms with van der Waals surface area (Å²) >= 11 is 0. The second kappa shape index (κ2) is 3.18. The number of pyridine rings is 1. The van der Waals surface area contributed by atoms with Crippen molar-refractivity contribution >= 4 is 11.9 Å². The number of aromatic carboxylic acids is 2. The molecule has 1 rings (SSSR count). The third-order valence-corrected chi connectivity index (χ3v) is 1.30. The van der Waals surface area contributed by atoms with Crippen molar-refractivity contribution in [3.8, 4) is 0 Å². The molecule has 0 aliphatic heterocycles. The Hall–Kier alpha value is -1.98. The molecule has 0 fully saturated rings. The summed E-state index contributed by atoms with van der Waals surface area (Å²) in [5.74, 6) is -5.02. The van der Waals surface area contributed by atoms with E-state index in [1.807, 2.05) is 0 Å². The molecule has 1 aromatic rings. The lowest BCUT2D eigenvalue weighted by Gasteiger charge is -2.09. The largest absolute Gasteiger partial charge is 0.545 e. The second-order valence-electron chi connectivity index (χ2n) is 2.09. The molecular formula is C7H2FNO4-2. The van der Waals surface area contributed by atoms with Gasteiger partial charge in [0.15, 0.2) is 0 Å². The number of carbonyl (C=O) groups is 2. The van der Waals surface area contributed by atoms with Crippen molar-refractivity contribution in [2.24, 2.45) is 0 Å². The van der Waals surface area contributed by atoms with Crippen LogP contribution in [0.25, 0.3) is 0 Å². The molecule has 0 aromatic carbocycles. The number of rotatable bonds is 2. The standard InChI is InChI=1S/C7H4FNO4/c8-3-1-2-9-5(7(12)13)4(3)6(10)11/h1-2H,(H,10,11)(H,12,13)/p-2. The molecule has 6 heteroatoms. The molecule has 0 amide bonds. The number of carbonyl (C=O) groups excluding carboxylic acids is 2. The SMILES string of the molecule is O=C([O-])c1nccc(F)c1C(=O)[O-]. The lowest BCUT2D eigenvalue weighted by atomic mass is 10.2. The first kappa shape index (κ1) is 9.11. The Morgan fingerprint density at radius 3 is 2.31 bits per heavy atom. The smallest absolute Gasteiger partial charge is 0.136 e. The molecule has 0 unspecified atom stereocenters. The maximum Gasteiger partial charge on any atom is 0.136 e. The number of aromatic nitrogens is 1. The van der Waals surface area contributed by atoms with Crippen LogP contribution < -0.4 is 10.2 Å². The van der Waals surface area contributed by atoms with Gasteiger partial charge in [-0.25, -0.2) is 4.39 Å². The molecule has 0 aliphatic rings. The number of hydrogen-bond acceptors (Lipinski definition) is 5. The molecule has 1 heterocycles. The van der Waals surface area contributed by atoms with Crippen LogP contribution in [-0.4, -0.2) is 16.9 Å². The Kier molecular flexibility index (Phi) is 2.23. The Morgan fingerprint density at radius 2 is 1.92 bits per heavy atom. The Balaban J connectivity index is 3.43. The molecule has 0 saturated heterocycles. The van der Waals surface area contributed by atoms with Gasteiger partial charge in [-0.15, -0.1) is 0 Å². The van der Waals surface area contributed by atoms with E-state index < -0.39 is 29.0 Å². The van der Waals surface area contributed by atoms with E-state index in [9.17, 15) is 24.2 Å². The molecule has 68 valence electrons. The summed E-state index contributed by atoms with van der Waals surface area (Å²) in [5, 5.41) is 20.5. The summed E-state index contributed by atoms with van der Waals surface area (Å²) < 4.78 is 12.7. The molecule has 0 bridgehead atoms. The van der Waals surface area contributed by atoms with Gasteiger partial charge in [0.2, 0.25) is 0 Å². The highest BCUT2D eigenvalue weighted by Crippen LogP contribution is 2.08. The van der Waals surface area contributed by atoms with E-state index in [1.165, 1.54) is 0 Å². The summed E-state index contributed by atoms with van der Waals surface area (Å²) in [6.07, 6.45) is 0.826. The molecule has 0 spiro atoms. The fourth-order valence-electron chi connectivity index (χ4n) is 0.787. The van der Waals surface area contributed by atoms with Crippen molar-refractivity contribution in [1.29, 1.82) is 0 Å². The Labute approximate surface area is 71.5 Å². The third-order valence-electron chi connectivity index (χ3n) is 1.30. The van der Waals surface area contributed by atoms with Crippen LogP contribution in [0.5, 0.6) is 0 Å². The van der Waals surface area contributed by atoms with Crippen LogP contribution in [0, 0.1) is 5.82 Å². The summed E-state index contributed by atoms with van der Waals surface area (Å²) in [6, 6.07) is 0.720. The van der Waals surface area contributed by atoms with Crippen LogP contribution in [0.4, 0.5) is 4.39 Å². The number of halogens is 1. The fraction of sp³-hybridized carbons (Fsp3) is 0. The zero-order chi connectivity index (χ0) is 10.0. The first-order valence-electron chi connectivity index (χ1n) is 3.11. The summed E-state index contributed by atoms with van der Waals surface area (Å²) in [7, 11) is 0. The Morgan fingerprint density at radius 1 is 1.31 bits per heavy atom. The number of carboxylic acids is 2. The summed E-state index contributed by atoms with van der Waals surface area (Å²) in [4.78, 5) is 23.6. The zero-order valence-corrected chi connectivity index (χ0v) is 6.11. The van der Waals surface area contributed by atoms with Crippen LogP contribution in [0.3, 0.4) is 0 Å². The maximum atomic E-state index is 12.7. The summed E-state index contributed by atoms with van der Waals surface area (Å²) in [6.45, 7) is 0. The van der Waals surface area contributed by atoms with E-state index in [0.717, 1.165) is 12.3 Å². The van der Waals surface area contributed by atoms with Gasteiger partial charge >= 0.3 is 0 Å². The molecule has 1 aromatic heterocycles. The first-order valence-corrected chi connectivity index (χ1v) is 3.11. The minimum atomic E-state index is -1.94. The molecule has 5 nitrogen and oxygen atoms in total. The quantitative estimate of drug-likeness (QED) is 0.525. The van der Waals surface area contributed by atoms with Gasteiger partial charge in [0, 0.05) is 6.20 Å². The van der Waals surface area contributed by atoms with E-state index in [1.54, 1.807) is 0 Å². The van der Waals surface area contributed by atoms with Crippen molar-refractivity contribution < 1.29 is 24.2 Å². The third kappa shape index (κ3) is 1.61. The van der Waals surface area contributed by atoms with Gasteiger partial charge in [0.1, 0.15) is 5.82 Å². The average molecular weight is 183 g/mol. The molecule has 13 heavy (non-hydrogen) atoms. The van der Waals surface area contributed by atoms with Crippen LogP contribution in [0.2, 0.25) is 0 Å². The normalized spacial score (nSPS) is 9.62. The van der Waals surface area contributed by atoms with Crippen molar-refractivity contribution in [2.75, 3.05) is 0 Å². The average Bonchev–Trinajstić information content (AvgIpc) is 2.02. The van der Waals surface area contributed by atoms with Crippen LogP contribution in [-0.2, 0) is 0 Å². The molecular weight excluding hydrogens is 181 g/mol. The lowest BCUT2D eigenvalue weighted by Crippen LogP contribution is -2.32. The number of nitrogens with zero attached hydrogens (tertiary/aromatic N) is 1. The highest BCUT2D eigenvalue weighted by molar-refractivity contribution is 5.98. The van der Waals surface area contributed by atoms with Crippen molar-refractivity contribution in [2.45, 2.75) is 0 Å². The molecule has 0 N–H and O–H groups in total. The van der Waals surface area contributed by atoms with E-state index in [0.29, 0.717) is 0 Å². The Bertz CT molecular complexity index is 377. The highest BCUT2D eigenvalue weighted by Gasteiger charge is 2.10. The summed E-state index contributed by atoms with van der Waals surface area (Å²) in [5.41, 5.74) is -2.07. The number of carboxylic acid groups (broad SMARTS) is 2. The second-order valence-corrected chi connectivity index (χ2v) is 2.09. The van der Waals surface area contributed by atoms with Gasteiger partial charge in [-0.3, -0.25) is 4.98 Å². The molecule has 0 saturated carbocycles. The highest BCUT2D eigenvalue weighted by atomic mass is 19.1. The van der Waals surface area contributed by atoms with Gasteiger partial charge in [-0.1, -0.05) is 0 Å². The van der Waals surface area contributed by atoms with Gasteiger partial charge in [-0.2, -0.15) is 0 Å². The minimum absolute atomic E-state index is 0.720. The van der Waals surface area contributed by atoms with Gasteiger partial charge in [0.25, 0.3) is 0 Å². The van der Waals surface area contributed by atoms with Crippen LogP contribution in [0.15, 0.2) is 12.3 Å². The molecule has 0 aliphatic carbocycles. The van der Waals surface area contributed by atoms with Crippen molar-refractivity contribution in [3.63, 3.8) is 0 Å². The number of hydrogen-bond donors (Lipinski definition) is 0. The van der Waals surface area contributed by atoms with Gasteiger partial charge < -0.3 is 19.8 Å². The van der Waals surface area contributed by atoms with E-state index in [4.69, 9.17) is 0 Å². The molecule has 0 radical (unpaired) electrons. The minimum Gasteiger partial charge on any atom is -0.545 e. The van der Waals surface area contributed by atoms with Gasteiger partial charge in [0.05, 0.1) is 23.2 Å². The zero-order valence-electron chi connectivity index (χ0n) is 6.11. The van der Waals surface area contributed by atoms with E-state index in [-0.39, 0.29) is 0 Å². The topological polar surface area (TPSA) is 93.2 Å². The first-order chi connectivity index (χ1) is 6.04. The van der Waals surface area contributed by atoms with Crippen LogP contribution in [0.1, 0.15) is 20.8 Å². The maximum absolute atomic E-state index is 12.7. The molecule has 0 atom stereocenters.